The van der Waals surface area contributed by atoms with Crippen molar-refractivity contribution in [1.29, 1.82) is 0 Å². The Labute approximate surface area is 159 Å². The van der Waals surface area contributed by atoms with Crippen LogP contribution in [0.4, 0.5) is 10.3 Å². The summed E-state index contributed by atoms with van der Waals surface area (Å²) < 4.78 is 18.8. The molecule has 0 aliphatic carbocycles. The molecule has 0 amide bonds. The Hall–Kier alpha value is -2.25. The van der Waals surface area contributed by atoms with Crippen LogP contribution < -0.4 is 9.64 Å². The maximum Gasteiger partial charge on any atom is 0.228 e. The second kappa shape index (κ2) is 8.19. The molecule has 1 aromatic carbocycles. The van der Waals surface area contributed by atoms with E-state index in [1.54, 1.807) is 24.4 Å². The van der Waals surface area contributed by atoms with Crippen LogP contribution in [0.3, 0.4) is 0 Å². The Morgan fingerprint density at radius 2 is 1.81 bits per heavy atom. The molecule has 2 fully saturated rings. The van der Waals surface area contributed by atoms with E-state index in [2.05, 4.69) is 31.7 Å². The first-order valence-corrected chi connectivity index (χ1v) is 9.61. The highest BCUT2D eigenvalue weighted by atomic mass is 19.1. The Bertz CT molecular complexity index is 748. The second-order valence-electron chi connectivity index (χ2n) is 7.33. The van der Waals surface area contributed by atoms with Gasteiger partial charge in [0.25, 0.3) is 0 Å². The SMILES string of the molecule is CN1CCCC(N2CCN(c3nccc(Oc4ccc(F)cc4)n3)CC2)C1. The average Bonchev–Trinajstić information content (AvgIpc) is 2.70. The molecule has 4 rings (SSSR count). The third-order valence-electron chi connectivity index (χ3n) is 5.37. The van der Waals surface area contributed by atoms with Gasteiger partial charge in [-0.3, -0.25) is 4.90 Å². The van der Waals surface area contributed by atoms with Gasteiger partial charge < -0.3 is 14.5 Å². The maximum absolute atomic E-state index is 13.0. The molecule has 1 unspecified atom stereocenters. The molecule has 3 heterocycles. The summed E-state index contributed by atoms with van der Waals surface area (Å²) in [5.41, 5.74) is 0. The number of likely N-dealkylation sites (N-methyl/N-ethyl adjacent to an activating group) is 1. The van der Waals surface area contributed by atoms with Crippen molar-refractivity contribution in [3.8, 4) is 11.6 Å². The number of aromatic nitrogens is 2. The normalized spacial score (nSPS) is 22.0. The van der Waals surface area contributed by atoms with Gasteiger partial charge in [-0.05, 0) is 50.7 Å². The van der Waals surface area contributed by atoms with Crippen LogP contribution in [0.1, 0.15) is 12.8 Å². The summed E-state index contributed by atoms with van der Waals surface area (Å²) >= 11 is 0. The molecule has 2 aromatic rings. The van der Waals surface area contributed by atoms with Gasteiger partial charge in [-0.25, -0.2) is 9.37 Å². The lowest BCUT2D eigenvalue weighted by atomic mass is 10.0. The largest absolute Gasteiger partial charge is 0.439 e. The summed E-state index contributed by atoms with van der Waals surface area (Å²) in [6, 6.07) is 8.33. The average molecular weight is 371 g/mol. The van der Waals surface area contributed by atoms with Crippen LogP contribution in [0.25, 0.3) is 0 Å². The Balaban J connectivity index is 1.36. The smallest absolute Gasteiger partial charge is 0.228 e. The molecule has 27 heavy (non-hydrogen) atoms. The lowest BCUT2D eigenvalue weighted by Gasteiger charge is -2.42. The number of anilines is 1. The van der Waals surface area contributed by atoms with Crippen LogP contribution in [0, 0.1) is 5.82 Å². The lowest BCUT2D eigenvalue weighted by Crippen LogP contribution is -2.54. The summed E-state index contributed by atoms with van der Waals surface area (Å²) in [5.74, 6) is 1.44. The van der Waals surface area contributed by atoms with Gasteiger partial charge in [-0.15, -0.1) is 0 Å². The summed E-state index contributed by atoms with van der Waals surface area (Å²) in [7, 11) is 2.21. The molecule has 1 atom stereocenters. The van der Waals surface area contributed by atoms with E-state index in [4.69, 9.17) is 4.74 Å². The fourth-order valence-electron chi connectivity index (χ4n) is 3.89. The number of hydrogen-bond acceptors (Lipinski definition) is 6. The summed E-state index contributed by atoms with van der Waals surface area (Å²) in [6.07, 6.45) is 4.29. The van der Waals surface area contributed by atoms with Gasteiger partial charge in [0.05, 0.1) is 0 Å². The van der Waals surface area contributed by atoms with Crippen molar-refractivity contribution in [2.45, 2.75) is 18.9 Å². The van der Waals surface area contributed by atoms with Gasteiger partial charge >= 0.3 is 0 Å². The van der Waals surface area contributed by atoms with Crippen LogP contribution in [0.5, 0.6) is 11.6 Å². The first-order chi connectivity index (χ1) is 13.2. The number of halogens is 1. The molecule has 2 aliphatic rings. The van der Waals surface area contributed by atoms with E-state index in [0.717, 1.165) is 32.7 Å². The zero-order valence-corrected chi connectivity index (χ0v) is 15.7. The highest BCUT2D eigenvalue weighted by Crippen LogP contribution is 2.22. The van der Waals surface area contributed by atoms with E-state index in [1.165, 1.54) is 31.5 Å². The third kappa shape index (κ3) is 4.54. The third-order valence-corrected chi connectivity index (χ3v) is 5.37. The molecule has 0 bridgehead atoms. The molecule has 2 saturated heterocycles. The number of hydrogen-bond donors (Lipinski definition) is 0. The van der Waals surface area contributed by atoms with Crippen LogP contribution in [-0.2, 0) is 0 Å². The van der Waals surface area contributed by atoms with E-state index >= 15 is 0 Å². The summed E-state index contributed by atoms with van der Waals surface area (Å²) in [4.78, 5) is 16.2. The first-order valence-electron chi connectivity index (χ1n) is 9.61. The number of ether oxygens (including phenoxy) is 1. The minimum Gasteiger partial charge on any atom is -0.439 e. The maximum atomic E-state index is 13.0. The highest BCUT2D eigenvalue weighted by molar-refractivity contribution is 5.35. The molecule has 0 spiro atoms. The second-order valence-corrected chi connectivity index (χ2v) is 7.33. The number of likely N-dealkylation sites (tertiary alicyclic amines) is 1. The standard InChI is InChI=1S/C20H26FN5O/c1-24-10-2-3-17(15-24)25-11-13-26(14-12-25)20-22-9-8-19(23-20)27-18-6-4-16(21)5-7-18/h4-9,17H,2-3,10-15H2,1H3. The van der Waals surface area contributed by atoms with Crippen molar-refractivity contribution in [3.05, 3.63) is 42.3 Å². The molecule has 2 aliphatic heterocycles. The van der Waals surface area contributed by atoms with E-state index in [-0.39, 0.29) is 5.82 Å². The highest BCUT2D eigenvalue weighted by Gasteiger charge is 2.27. The van der Waals surface area contributed by atoms with Crippen molar-refractivity contribution < 1.29 is 9.13 Å². The molecule has 144 valence electrons. The monoisotopic (exact) mass is 371 g/mol. The fourth-order valence-corrected chi connectivity index (χ4v) is 3.89. The number of piperidine rings is 1. The van der Waals surface area contributed by atoms with Gasteiger partial charge in [0.15, 0.2) is 0 Å². The van der Waals surface area contributed by atoms with Crippen LogP contribution >= 0.6 is 0 Å². The van der Waals surface area contributed by atoms with E-state index in [1.807, 2.05) is 0 Å². The quantitative estimate of drug-likeness (QED) is 0.823. The number of nitrogens with zero attached hydrogens (tertiary/aromatic N) is 5. The Morgan fingerprint density at radius 1 is 1.04 bits per heavy atom. The first kappa shape index (κ1) is 18.1. The van der Waals surface area contributed by atoms with E-state index in [9.17, 15) is 4.39 Å². The molecule has 0 radical (unpaired) electrons. The number of benzene rings is 1. The van der Waals surface area contributed by atoms with Crippen molar-refractivity contribution in [2.75, 3.05) is 51.2 Å². The van der Waals surface area contributed by atoms with Gasteiger partial charge in [-0.1, -0.05) is 0 Å². The van der Waals surface area contributed by atoms with E-state index in [0.29, 0.717) is 23.6 Å². The minimum absolute atomic E-state index is 0.284. The summed E-state index contributed by atoms with van der Waals surface area (Å²) in [5, 5.41) is 0. The fraction of sp³-hybridized carbons (Fsp3) is 0.500. The van der Waals surface area contributed by atoms with Crippen LogP contribution in [0.2, 0.25) is 0 Å². The van der Waals surface area contributed by atoms with Gasteiger partial charge in [-0.2, -0.15) is 4.98 Å². The minimum atomic E-state index is -0.284. The zero-order valence-electron chi connectivity index (χ0n) is 15.7. The molecular formula is C20H26FN5O. The van der Waals surface area contributed by atoms with Crippen molar-refractivity contribution in [2.24, 2.45) is 0 Å². The van der Waals surface area contributed by atoms with E-state index < -0.39 is 0 Å². The van der Waals surface area contributed by atoms with Crippen LogP contribution in [0.15, 0.2) is 36.5 Å². The van der Waals surface area contributed by atoms with Gasteiger partial charge in [0.1, 0.15) is 11.6 Å². The lowest BCUT2D eigenvalue weighted by molar-refractivity contribution is 0.106. The molecule has 6 nitrogen and oxygen atoms in total. The predicted molar refractivity (Wildman–Crippen MR) is 103 cm³/mol. The topological polar surface area (TPSA) is 44.7 Å². The molecule has 7 heteroatoms. The van der Waals surface area contributed by atoms with Gasteiger partial charge in [0.2, 0.25) is 11.8 Å². The van der Waals surface area contributed by atoms with Crippen molar-refractivity contribution in [3.63, 3.8) is 0 Å². The molecular weight excluding hydrogens is 345 g/mol. The molecule has 0 saturated carbocycles. The van der Waals surface area contributed by atoms with Crippen molar-refractivity contribution in [1.82, 2.24) is 19.8 Å². The van der Waals surface area contributed by atoms with Crippen LogP contribution in [-0.4, -0.2) is 72.1 Å². The van der Waals surface area contributed by atoms with Gasteiger partial charge in [0, 0.05) is 51.0 Å². The zero-order chi connectivity index (χ0) is 18.6. The Kier molecular flexibility index (Phi) is 5.50. The number of piperazine rings is 1. The molecule has 0 N–H and O–H groups in total. The predicted octanol–water partition coefficient (Wildman–Crippen LogP) is 2.62. The summed E-state index contributed by atoms with van der Waals surface area (Å²) in [6.45, 7) is 6.28. The number of rotatable bonds is 4. The van der Waals surface area contributed by atoms with Crippen molar-refractivity contribution >= 4 is 5.95 Å². The Morgan fingerprint density at radius 3 is 2.56 bits per heavy atom. The molecule has 1 aromatic heterocycles.